The van der Waals surface area contributed by atoms with Crippen LogP contribution in [-0.2, 0) is 11.3 Å². The minimum Gasteiger partial charge on any atom is -0.496 e. The van der Waals surface area contributed by atoms with Gasteiger partial charge in [-0.3, -0.25) is 4.79 Å². The van der Waals surface area contributed by atoms with E-state index in [-0.39, 0.29) is 13.0 Å². The number of carbonyl (C=O) groups excluding carboxylic acids is 2. The van der Waals surface area contributed by atoms with Crippen molar-refractivity contribution in [1.82, 2.24) is 9.47 Å². The van der Waals surface area contributed by atoms with E-state index in [0.29, 0.717) is 22.8 Å². The molecule has 2 amide bonds. The standard InChI is InChI=1S/C33H38FN3O5/c1-18-28-25(40-5)13-21(31(38)37-17-22(34)15-27(42-32(35)39)30(37)33(2,3)4)14-26(28)41-29(18)24-12-20-8-6-7-9-23(20)36(24)16-19-10-11-19/h6-9,12-14,19,22,27,30H,10-11,15-17H2,1-5H3,(H2,35,39)/t22-,27-,30?/m1/s1. The van der Waals surface area contributed by atoms with Gasteiger partial charge in [-0.1, -0.05) is 39.0 Å². The van der Waals surface area contributed by atoms with Gasteiger partial charge in [0.2, 0.25) is 0 Å². The molecule has 1 aliphatic carbocycles. The van der Waals surface area contributed by atoms with Crippen molar-refractivity contribution >= 4 is 33.9 Å². The molecule has 2 aromatic heterocycles. The number of benzene rings is 2. The molecule has 1 unspecified atom stereocenters. The van der Waals surface area contributed by atoms with Gasteiger partial charge in [-0.2, -0.15) is 0 Å². The van der Waals surface area contributed by atoms with Crippen LogP contribution in [0.25, 0.3) is 33.3 Å². The first kappa shape index (κ1) is 28.1. The van der Waals surface area contributed by atoms with Gasteiger partial charge in [-0.05, 0) is 55.4 Å². The summed E-state index contributed by atoms with van der Waals surface area (Å²) in [6.07, 6.45) is -0.799. The van der Waals surface area contributed by atoms with E-state index in [4.69, 9.17) is 19.6 Å². The summed E-state index contributed by atoms with van der Waals surface area (Å²) in [5.74, 6) is 1.49. The molecule has 2 N–H and O–H groups in total. The minimum absolute atomic E-state index is 0.0212. The molecule has 3 atom stereocenters. The predicted octanol–water partition coefficient (Wildman–Crippen LogP) is 6.84. The van der Waals surface area contributed by atoms with Gasteiger partial charge in [-0.15, -0.1) is 0 Å². The maximum atomic E-state index is 15.0. The van der Waals surface area contributed by atoms with Crippen LogP contribution in [0, 0.1) is 18.3 Å². The molecule has 8 nitrogen and oxygen atoms in total. The van der Waals surface area contributed by atoms with Gasteiger partial charge in [0.15, 0.2) is 5.76 Å². The average Bonchev–Trinajstić information content (AvgIpc) is 3.59. The second-order valence-corrected chi connectivity index (χ2v) is 12.8. The number of amides is 2. The first-order chi connectivity index (χ1) is 20.0. The van der Waals surface area contributed by atoms with Crippen molar-refractivity contribution < 1.29 is 27.9 Å². The minimum atomic E-state index is -1.37. The number of ether oxygens (including phenoxy) is 2. The largest absolute Gasteiger partial charge is 0.496 e. The molecule has 0 radical (unpaired) electrons. The number of piperidine rings is 1. The number of nitrogens with two attached hydrogens (primary N) is 1. The molecule has 9 heteroatoms. The average molecular weight is 576 g/mol. The maximum absolute atomic E-state index is 15.0. The van der Waals surface area contributed by atoms with Crippen LogP contribution in [0.4, 0.5) is 9.18 Å². The number of methoxy groups -OCH3 is 1. The molecule has 0 bridgehead atoms. The Morgan fingerprint density at radius 3 is 2.55 bits per heavy atom. The van der Waals surface area contributed by atoms with Crippen LogP contribution in [0.5, 0.6) is 5.75 Å². The number of fused-ring (bicyclic) bond motifs is 2. The molecule has 3 heterocycles. The second-order valence-electron chi connectivity index (χ2n) is 12.8. The molecule has 2 fully saturated rings. The number of carbonyl (C=O) groups is 2. The first-order valence-electron chi connectivity index (χ1n) is 14.6. The highest BCUT2D eigenvalue weighted by atomic mass is 19.1. The third-order valence-corrected chi connectivity index (χ3v) is 8.63. The highest BCUT2D eigenvalue weighted by molar-refractivity contribution is 6.02. The van der Waals surface area contributed by atoms with Crippen LogP contribution in [0.15, 0.2) is 46.9 Å². The fourth-order valence-corrected chi connectivity index (χ4v) is 6.67. The Labute approximate surface area is 244 Å². The molecule has 1 saturated heterocycles. The number of primary amides is 1. The van der Waals surface area contributed by atoms with Gasteiger partial charge in [0, 0.05) is 35.0 Å². The lowest BCUT2D eigenvalue weighted by Crippen LogP contribution is -2.61. The number of hydrogen-bond acceptors (Lipinski definition) is 5. The van der Waals surface area contributed by atoms with Crippen molar-refractivity contribution in [3.63, 3.8) is 0 Å². The highest BCUT2D eigenvalue weighted by Crippen LogP contribution is 2.43. The topological polar surface area (TPSA) is 99.9 Å². The van der Waals surface area contributed by atoms with E-state index < -0.39 is 35.7 Å². The van der Waals surface area contributed by atoms with E-state index in [0.717, 1.165) is 39.9 Å². The molecule has 6 rings (SSSR count). The van der Waals surface area contributed by atoms with Crippen LogP contribution in [0.2, 0.25) is 0 Å². The van der Waals surface area contributed by atoms with Gasteiger partial charge in [0.1, 0.15) is 23.6 Å². The maximum Gasteiger partial charge on any atom is 0.404 e. The van der Waals surface area contributed by atoms with Crippen molar-refractivity contribution in [2.24, 2.45) is 17.1 Å². The monoisotopic (exact) mass is 575 g/mol. The molecule has 0 spiro atoms. The van der Waals surface area contributed by atoms with Gasteiger partial charge in [0.25, 0.3) is 5.91 Å². The summed E-state index contributed by atoms with van der Waals surface area (Å²) >= 11 is 0. The Morgan fingerprint density at radius 1 is 1.14 bits per heavy atom. The van der Waals surface area contributed by atoms with E-state index in [9.17, 15) is 14.0 Å². The third kappa shape index (κ3) is 4.99. The summed E-state index contributed by atoms with van der Waals surface area (Å²) in [5, 5.41) is 1.93. The molecular formula is C33H38FN3O5. The Morgan fingerprint density at radius 2 is 1.88 bits per heavy atom. The number of aryl methyl sites for hydroxylation is 1. The Bertz CT molecular complexity index is 1680. The number of para-hydroxylation sites is 1. The van der Waals surface area contributed by atoms with E-state index in [1.807, 2.05) is 39.8 Å². The Hall–Kier alpha value is -4.01. The Kier molecular flexibility index (Phi) is 6.94. The lowest BCUT2D eigenvalue weighted by Gasteiger charge is -2.47. The van der Waals surface area contributed by atoms with Crippen molar-refractivity contribution in [3.8, 4) is 17.2 Å². The van der Waals surface area contributed by atoms with Crippen molar-refractivity contribution in [1.29, 1.82) is 0 Å². The van der Waals surface area contributed by atoms with Gasteiger partial charge >= 0.3 is 6.09 Å². The lowest BCUT2D eigenvalue weighted by atomic mass is 9.78. The van der Waals surface area contributed by atoms with Crippen LogP contribution in [0.3, 0.4) is 0 Å². The lowest BCUT2D eigenvalue weighted by molar-refractivity contribution is -0.0570. The molecule has 4 aromatic rings. The van der Waals surface area contributed by atoms with Crippen molar-refractivity contribution in [2.75, 3.05) is 13.7 Å². The molecule has 222 valence electrons. The molecule has 1 aliphatic heterocycles. The number of likely N-dealkylation sites (tertiary alicyclic amines) is 1. The number of hydrogen-bond donors (Lipinski definition) is 1. The predicted molar refractivity (Wildman–Crippen MR) is 159 cm³/mol. The first-order valence-corrected chi connectivity index (χ1v) is 14.6. The smallest absolute Gasteiger partial charge is 0.404 e. The van der Waals surface area contributed by atoms with Crippen LogP contribution in [-0.4, -0.2) is 53.4 Å². The molecule has 1 saturated carbocycles. The van der Waals surface area contributed by atoms with Crippen LogP contribution in [0.1, 0.15) is 56.0 Å². The zero-order chi connectivity index (χ0) is 29.9. The summed E-state index contributed by atoms with van der Waals surface area (Å²) in [4.78, 5) is 27.2. The summed E-state index contributed by atoms with van der Waals surface area (Å²) in [6, 6.07) is 13.3. The second kappa shape index (κ2) is 10.4. The zero-order valence-electron chi connectivity index (χ0n) is 24.8. The summed E-state index contributed by atoms with van der Waals surface area (Å²) in [5.41, 5.74) is 8.69. The van der Waals surface area contributed by atoms with Gasteiger partial charge in [0.05, 0.1) is 30.8 Å². The number of alkyl halides is 1. The van der Waals surface area contributed by atoms with E-state index in [1.54, 1.807) is 19.2 Å². The van der Waals surface area contributed by atoms with Crippen LogP contribution >= 0.6 is 0 Å². The number of nitrogens with zero attached hydrogens (tertiary/aromatic N) is 2. The summed E-state index contributed by atoms with van der Waals surface area (Å²) in [6.45, 7) is 8.59. The fraction of sp³-hybridized carbons (Fsp3) is 0.455. The van der Waals surface area contributed by atoms with Gasteiger partial charge in [-0.25, -0.2) is 9.18 Å². The number of rotatable bonds is 6. The number of halogens is 1. The third-order valence-electron chi connectivity index (χ3n) is 8.63. The van der Waals surface area contributed by atoms with Crippen LogP contribution < -0.4 is 10.5 Å². The molecular weight excluding hydrogens is 537 g/mol. The van der Waals surface area contributed by atoms with E-state index in [2.05, 4.69) is 22.8 Å². The number of aromatic nitrogens is 1. The molecule has 42 heavy (non-hydrogen) atoms. The quantitative estimate of drug-likeness (QED) is 0.271. The highest BCUT2D eigenvalue weighted by Gasteiger charge is 2.47. The molecule has 2 aliphatic rings. The fourth-order valence-electron chi connectivity index (χ4n) is 6.67. The van der Waals surface area contributed by atoms with Crippen molar-refractivity contribution in [3.05, 3.63) is 53.6 Å². The summed E-state index contributed by atoms with van der Waals surface area (Å²) < 4.78 is 34.9. The van der Waals surface area contributed by atoms with E-state index in [1.165, 1.54) is 17.7 Å². The normalized spacial score (nSPS) is 21.2. The van der Waals surface area contributed by atoms with E-state index >= 15 is 0 Å². The Balaban J connectivity index is 1.45. The van der Waals surface area contributed by atoms with Crippen molar-refractivity contribution in [2.45, 2.75) is 71.8 Å². The van der Waals surface area contributed by atoms with Gasteiger partial charge < -0.3 is 29.1 Å². The number of furan rings is 1. The summed E-state index contributed by atoms with van der Waals surface area (Å²) in [7, 11) is 1.56. The SMILES string of the molecule is COc1cc(C(=O)N2C[C@H](F)C[C@@H](OC(N)=O)C2C(C)(C)C)cc2oc(-c3cc4ccccc4n3CC3CC3)c(C)c12. The molecule has 2 aromatic carbocycles. The zero-order valence-corrected chi connectivity index (χ0v) is 24.8.